The van der Waals surface area contributed by atoms with Crippen LogP contribution in [0.3, 0.4) is 0 Å². The molecule has 0 saturated carbocycles. The predicted octanol–water partition coefficient (Wildman–Crippen LogP) is 4.95. The van der Waals surface area contributed by atoms with Crippen LogP contribution in [0.15, 0.2) is 0 Å². The summed E-state index contributed by atoms with van der Waals surface area (Å²) in [5, 5.41) is 0. The fourth-order valence-corrected chi connectivity index (χ4v) is 4.93. The summed E-state index contributed by atoms with van der Waals surface area (Å²) in [7, 11) is 0. The van der Waals surface area contributed by atoms with Crippen molar-refractivity contribution in [3.8, 4) is 0 Å². The van der Waals surface area contributed by atoms with E-state index in [1.807, 2.05) is 53.4 Å². The Hall–Kier alpha value is -1.83. The van der Waals surface area contributed by atoms with Gasteiger partial charge in [0, 0.05) is 44.6 Å². The highest BCUT2D eigenvalue weighted by atomic mass is 16.6. The molecule has 0 aromatic rings. The second-order valence-electron chi connectivity index (χ2n) is 12.4. The third-order valence-corrected chi connectivity index (χ3v) is 6.70. The Morgan fingerprint density at radius 1 is 0.771 bits per heavy atom. The highest BCUT2D eigenvalue weighted by Gasteiger charge is 2.34. The first-order valence-corrected chi connectivity index (χ1v) is 13.4. The van der Waals surface area contributed by atoms with Crippen LogP contribution in [-0.4, -0.2) is 89.2 Å². The molecule has 0 radical (unpaired) electrons. The second kappa shape index (κ2) is 12.4. The van der Waals surface area contributed by atoms with E-state index in [9.17, 15) is 14.4 Å². The first-order chi connectivity index (χ1) is 16.2. The van der Waals surface area contributed by atoms with Crippen molar-refractivity contribution in [2.75, 3.05) is 39.3 Å². The van der Waals surface area contributed by atoms with Crippen LogP contribution in [0.25, 0.3) is 0 Å². The van der Waals surface area contributed by atoms with Crippen molar-refractivity contribution >= 4 is 18.0 Å². The number of hydrogen-bond donors (Lipinski definition) is 0. The summed E-state index contributed by atoms with van der Waals surface area (Å²) in [5.41, 5.74) is -0.869. The maximum absolute atomic E-state index is 12.1. The topological polar surface area (TPSA) is 79.4 Å². The standard InChI is InChI=1S/C16H30N2O2.C11H19NO3/c1-13-12-18(15(19)20-16(2,3)4)11-8-14(13)17-9-6-5-7-10-17;1-8-7-12(6-5-9(8)13)10(14)15-11(2,3)4/h13-14H,5-12H2,1-4H3;8H,5-7H2,1-4H3. The van der Waals surface area contributed by atoms with Gasteiger partial charge >= 0.3 is 12.2 Å². The van der Waals surface area contributed by atoms with E-state index in [-0.39, 0.29) is 23.9 Å². The van der Waals surface area contributed by atoms with Crippen LogP contribution >= 0.6 is 0 Å². The third-order valence-electron chi connectivity index (χ3n) is 6.70. The monoisotopic (exact) mass is 495 g/mol. The van der Waals surface area contributed by atoms with Crippen molar-refractivity contribution in [3.63, 3.8) is 0 Å². The number of rotatable bonds is 1. The van der Waals surface area contributed by atoms with Gasteiger partial charge in [-0.3, -0.25) is 9.69 Å². The zero-order valence-electron chi connectivity index (χ0n) is 23.4. The molecule has 3 atom stereocenters. The van der Waals surface area contributed by atoms with Gasteiger partial charge in [-0.1, -0.05) is 20.3 Å². The Labute approximate surface area is 212 Å². The number of nitrogens with zero attached hydrogens (tertiary/aromatic N) is 3. The molecule has 3 unspecified atom stereocenters. The molecule has 0 N–H and O–H groups in total. The molecule has 8 nitrogen and oxygen atoms in total. The number of hydrogen-bond acceptors (Lipinski definition) is 6. The lowest BCUT2D eigenvalue weighted by atomic mass is 9.91. The van der Waals surface area contributed by atoms with Gasteiger partial charge in [0.25, 0.3) is 0 Å². The Morgan fingerprint density at radius 2 is 1.29 bits per heavy atom. The van der Waals surface area contributed by atoms with Crippen molar-refractivity contribution < 1.29 is 23.9 Å². The van der Waals surface area contributed by atoms with Gasteiger partial charge in [0.1, 0.15) is 17.0 Å². The molecule has 3 heterocycles. The van der Waals surface area contributed by atoms with Crippen LogP contribution in [-0.2, 0) is 14.3 Å². The van der Waals surface area contributed by atoms with Crippen molar-refractivity contribution in [1.29, 1.82) is 0 Å². The maximum atomic E-state index is 12.1. The average molecular weight is 496 g/mol. The van der Waals surface area contributed by atoms with Gasteiger partial charge in [0.2, 0.25) is 0 Å². The molecule has 0 spiro atoms. The van der Waals surface area contributed by atoms with E-state index >= 15 is 0 Å². The van der Waals surface area contributed by atoms with E-state index in [0.717, 1.165) is 19.5 Å². The summed E-state index contributed by atoms with van der Waals surface area (Å²) in [4.78, 5) is 41.2. The molecule has 0 aromatic carbocycles. The lowest BCUT2D eigenvalue weighted by Crippen LogP contribution is -2.53. The van der Waals surface area contributed by atoms with Gasteiger partial charge in [-0.05, 0) is 79.8 Å². The third kappa shape index (κ3) is 9.98. The number of Topliss-reactive ketones (excluding diaryl/α,β-unsaturated/α-hetero) is 1. The SMILES string of the molecule is CC1CN(C(=O)OC(C)(C)C)CCC1=O.CC1CN(C(=O)OC(C)(C)C)CCC1N1CCCCC1. The number of carbonyl (C=O) groups is 3. The van der Waals surface area contributed by atoms with E-state index in [1.54, 1.807) is 4.90 Å². The Bertz CT molecular complexity index is 721. The van der Waals surface area contributed by atoms with Gasteiger partial charge in [-0.2, -0.15) is 0 Å². The first kappa shape index (κ1) is 29.4. The summed E-state index contributed by atoms with van der Waals surface area (Å²) in [6.07, 6.45) is 5.10. The molecule has 2 amide bonds. The van der Waals surface area contributed by atoms with Crippen molar-refractivity contribution in [1.82, 2.24) is 14.7 Å². The van der Waals surface area contributed by atoms with Crippen LogP contribution in [0.2, 0.25) is 0 Å². The number of ether oxygens (including phenoxy) is 2. The Kier molecular flexibility index (Phi) is 10.4. The normalized spacial score (nSPS) is 26.5. The van der Waals surface area contributed by atoms with Gasteiger partial charge < -0.3 is 19.3 Å². The molecule has 3 saturated heterocycles. The van der Waals surface area contributed by atoms with E-state index in [0.29, 0.717) is 31.5 Å². The number of likely N-dealkylation sites (tertiary alicyclic amines) is 3. The molecule has 0 bridgehead atoms. The maximum Gasteiger partial charge on any atom is 0.410 e. The van der Waals surface area contributed by atoms with E-state index in [4.69, 9.17) is 9.47 Å². The summed E-state index contributed by atoms with van der Waals surface area (Å²) in [6.45, 7) is 20.5. The first-order valence-electron chi connectivity index (χ1n) is 13.4. The molecule has 0 aliphatic carbocycles. The minimum atomic E-state index is -0.470. The Morgan fingerprint density at radius 3 is 1.74 bits per heavy atom. The summed E-state index contributed by atoms with van der Waals surface area (Å²) in [5.74, 6) is 0.704. The zero-order chi connectivity index (χ0) is 26.4. The van der Waals surface area contributed by atoms with Crippen LogP contribution in [0.5, 0.6) is 0 Å². The largest absolute Gasteiger partial charge is 0.444 e. The van der Waals surface area contributed by atoms with Gasteiger partial charge in [0.05, 0.1) is 0 Å². The number of piperidine rings is 3. The molecule has 202 valence electrons. The molecular formula is C27H49N3O5. The molecule has 3 aliphatic rings. The van der Waals surface area contributed by atoms with Gasteiger partial charge in [-0.25, -0.2) is 9.59 Å². The summed E-state index contributed by atoms with van der Waals surface area (Å²) < 4.78 is 10.7. The Balaban J connectivity index is 0.000000258. The second-order valence-corrected chi connectivity index (χ2v) is 12.4. The molecule has 3 rings (SSSR count). The quantitative estimate of drug-likeness (QED) is 0.512. The number of amides is 2. The highest BCUT2D eigenvalue weighted by molar-refractivity contribution is 5.83. The minimum absolute atomic E-state index is 0.0636. The summed E-state index contributed by atoms with van der Waals surface area (Å²) in [6, 6.07) is 0.647. The number of carbonyl (C=O) groups excluding carboxylic acids is 3. The fraction of sp³-hybridized carbons (Fsp3) is 0.889. The van der Waals surface area contributed by atoms with Gasteiger partial charge in [0.15, 0.2) is 0 Å². The lowest BCUT2D eigenvalue weighted by Gasteiger charge is -2.44. The number of ketones is 1. The fourth-order valence-electron chi connectivity index (χ4n) is 4.93. The van der Waals surface area contributed by atoms with Crippen molar-refractivity contribution in [2.45, 2.75) is 105 Å². The smallest absolute Gasteiger partial charge is 0.410 e. The molecule has 0 aromatic heterocycles. The molecule has 35 heavy (non-hydrogen) atoms. The van der Waals surface area contributed by atoms with Crippen LogP contribution in [0, 0.1) is 11.8 Å². The van der Waals surface area contributed by atoms with Crippen molar-refractivity contribution in [3.05, 3.63) is 0 Å². The average Bonchev–Trinajstić information content (AvgIpc) is 2.74. The minimum Gasteiger partial charge on any atom is -0.444 e. The predicted molar refractivity (Wildman–Crippen MR) is 137 cm³/mol. The van der Waals surface area contributed by atoms with Gasteiger partial charge in [-0.15, -0.1) is 0 Å². The van der Waals surface area contributed by atoms with E-state index < -0.39 is 11.2 Å². The zero-order valence-corrected chi connectivity index (χ0v) is 23.4. The summed E-state index contributed by atoms with van der Waals surface area (Å²) >= 11 is 0. The van der Waals surface area contributed by atoms with Crippen LogP contribution in [0.4, 0.5) is 9.59 Å². The van der Waals surface area contributed by atoms with E-state index in [1.165, 1.54) is 32.4 Å². The van der Waals surface area contributed by atoms with Crippen molar-refractivity contribution in [2.24, 2.45) is 11.8 Å². The van der Waals surface area contributed by atoms with Crippen LogP contribution in [0.1, 0.15) is 87.5 Å². The molecule has 8 heteroatoms. The van der Waals surface area contributed by atoms with Crippen LogP contribution < -0.4 is 0 Å². The molecular weight excluding hydrogens is 446 g/mol. The molecule has 3 aliphatic heterocycles. The molecule has 3 fully saturated rings. The van der Waals surface area contributed by atoms with E-state index in [2.05, 4.69) is 11.8 Å². The highest BCUT2D eigenvalue weighted by Crippen LogP contribution is 2.26. The lowest BCUT2D eigenvalue weighted by molar-refractivity contribution is -0.125.